The van der Waals surface area contributed by atoms with Crippen molar-refractivity contribution in [2.45, 2.75) is 49.7 Å². The zero-order valence-electron chi connectivity index (χ0n) is 8.71. The van der Waals surface area contributed by atoms with Crippen molar-refractivity contribution < 1.29 is 10.2 Å². The largest absolute Gasteiger partial charge is 0.382 e. The van der Waals surface area contributed by atoms with Gasteiger partial charge in [0, 0.05) is 0 Å². The molecule has 2 unspecified atom stereocenters. The van der Waals surface area contributed by atoms with Crippen LogP contribution in [0, 0.1) is 0 Å². The van der Waals surface area contributed by atoms with E-state index in [1.54, 1.807) is 0 Å². The molecule has 1 rings (SSSR count). The van der Waals surface area contributed by atoms with Crippen LogP contribution in [0.5, 0.6) is 0 Å². The molecule has 0 aromatic heterocycles. The Morgan fingerprint density at radius 2 is 1.14 bits per heavy atom. The number of hydrogen-bond acceptors (Lipinski definition) is 2. The van der Waals surface area contributed by atoms with Gasteiger partial charge in [-0.1, -0.05) is 37.8 Å². The van der Waals surface area contributed by atoms with Crippen LogP contribution in [0.3, 0.4) is 0 Å². The monoisotopic (exact) mass is 196 g/mol. The van der Waals surface area contributed by atoms with E-state index < -0.39 is 11.2 Å². The highest BCUT2D eigenvalue weighted by atomic mass is 16.4. The molecule has 1 fully saturated rings. The van der Waals surface area contributed by atoms with Gasteiger partial charge in [0.15, 0.2) is 0 Å². The Morgan fingerprint density at radius 1 is 0.786 bits per heavy atom. The van der Waals surface area contributed by atoms with Gasteiger partial charge in [-0.2, -0.15) is 0 Å². The first-order chi connectivity index (χ1) is 6.58. The van der Waals surface area contributed by atoms with Gasteiger partial charge >= 0.3 is 0 Å². The van der Waals surface area contributed by atoms with Gasteiger partial charge in [-0.15, -0.1) is 13.2 Å². The SMILES string of the molecule is C=CC1(O)CCCCCCC1(O)C=C. The molecule has 1 aliphatic rings. The molecule has 0 heterocycles. The summed E-state index contributed by atoms with van der Waals surface area (Å²) in [6, 6.07) is 0. The standard InChI is InChI=1S/C12H20O2/c1-3-11(13)9-7-5-6-8-10-12(11,14)4-2/h3-4,13-14H,1-2,5-10H2. The summed E-state index contributed by atoms with van der Waals surface area (Å²) in [5, 5.41) is 20.5. The van der Waals surface area contributed by atoms with Crippen molar-refractivity contribution in [1.29, 1.82) is 0 Å². The van der Waals surface area contributed by atoms with Gasteiger partial charge in [-0.05, 0) is 12.8 Å². The Balaban J connectivity index is 2.92. The van der Waals surface area contributed by atoms with E-state index in [4.69, 9.17) is 0 Å². The molecular weight excluding hydrogens is 176 g/mol. The summed E-state index contributed by atoms with van der Waals surface area (Å²) in [7, 11) is 0. The molecule has 2 atom stereocenters. The van der Waals surface area contributed by atoms with Crippen LogP contribution < -0.4 is 0 Å². The maximum atomic E-state index is 10.3. The molecule has 0 aromatic rings. The average molecular weight is 196 g/mol. The summed E-state index contributed by atoms with van der Waals surface area (Å²) in [5.74, 6) is 0. The molecule has 0 saturated heterocycles. The maximum absolute atomic E-state index is 10.3. The second-order valence-corrected chi connectivity index (χ2v) is 4.17. The minimum atomic E-state index is -1.20. The molecule has 0 aliphatic heterocycles. The first-order valence-electron chi connectivity index (χ1n) is 5.30. The quantitative estimate of drug-likeness (QED) is 0.664. The van der Waals surface area contributed by atoms with Gasteiger partial charge in [-0.25, -0.2) is 0 Å². The van der Waals surface area contributed by atoms with Gasteiger partial charge in [0.1, 0.15) is 11.2 Å². The molecule has 0 amide bonds. The van der Waals surface area contributed by atoms with Crippen molar-refractivity contribution in [3.05, 3.63) is 25.3 Å². The highest BCUT2D eigenvalue weighted by Crippen LogP contribution is 2.36. The van der Waals surface area contributed by atoms with Crippen molar-refractivity contribution in [2.24, 2.45) is 0 Å². The Morgan fingerprint density at radius 3 is 1.43 bits per heavy atom. The van der Waals surface area contributed by atoms with Gasteiger partial charge in [0.05, 0.1) is 0 Å². The molecule has 14 heavy (non-hydrogen) atoms. The summed E-state index contributed by atoms with van der Waals surface area (Å²) < 4.78 is 0. The van der Waals surface area contributed by atoms with Crippen LogP contribution >= 0.6 is 0 Å². The van der Waals surface area contributed by atoms with Crippen molar-refractivity contribution in [3.63, 3.8) is 0 Å². The first kappa shape index (κ1) is 11.5. The maximum Gasteiger partial charge on any atom is 0.115 e. The van der Waals surface area contributed by atoms with E-state index in [1.807, 2.05) is 0 Å². The zero-order valence-corrected chi connectivity index (χ0v) is 8.71. The van der Waals surface area contributed by atoms with Crippen molar-refractivity contribution in [2.75, 3.05) is 0 Å². The molecule has 0 bridgehead atoms. The van der Waals surface area contributed by atoms with Gasteiger partial charge < -0.3 is 10.2 Å². The van der Waals surface area contributed by atoms with E-state index in [0.29, 0.717) is 12.8 Å². The highest BCUT2D eigenvalue weighted by molar-refractivity contribution is 5.17. The minimum absolute atomic E-state index is 0.568. The Hall–Kier alpha value is -0.600. The fraction of sp³-hybridized carbons (Fsp3) is 0.667. The van der Waals surface area contributed by atoms with Crippen LogP contribution in [0.25, 0.3) is 0 Å². The third-order valence-electron chi connectivity index (χ3n) is 3.29. The first-order valence-corrected chi connectivity index (χ1v) is 5.30. The molecule has 0 aromatic carbocycles. The lowest BCUT2D eigenvalue weighted by Crippen LogP contribution is -2.52. The average Bonchev–Trinajstić information content (AvgIpc) is 2.20. The van der Waals surface area contributed by atoms with Gasteiger partial charge in [-0.3, -0.25) is 0 Å². The van der Waals surface area contributed by atoms with Crippen LogP contribution in [0.1, 0.15) is 38.5 Å². The third kappa shape index (κ3) is 1.91. The van der Waals surface area contributed by atoms with Crippen LogP contribution in [-0.4, -0.2) is 21.4 Å². The van der Waals surface area contributed by atoms with Crippen molar-refractivity contribution in [3.8, 4) is 0 Å². The molecule has 1 aliphatic carbocycles. The molecule has 80 valence electrons. The summed E-state index contributed by atoms with van der Waals surface area (Å²) in [5.41, 5.74) is -2.40. The van der Waals surface area contributed by atoms with Gasteiger partial charge in [0.2, 0.25) is 0 Å². The normalized spacial score (nSPS) is 39.6. The second kappa shape index (κ2) is 4.28. The molecule has 0 radical (unpaired) electrons. The van der Waals surface area contributed by atoms with Gasteiger partial charge in [0.25, 0.3) is 0 Å². The lowest BCUT2D eigenvalue weighted by atomic mass is 9.74. The summed E-state index contributed by atoms with van der Waals surface area (Å²) in [6.07, 6.45) is 8.14. The van der Waals surface area contributed by atoms with Crippen molar-refractivity contribution in [1.82, 2.24) is 0 Å². The topological polar surface area (TPSA) is 40.5 Å². The number of hydrogen-bond donors (Lipinski definition) is 2. The molecule has 0 spiro atoms. The number of rotatable bonds is 2. The van der Waals surface area contributed by atoms with Crippen LogP contribution in [0.4, 0.5) is 0 Å². The molecule has 2 N–H and O–H groups in total. The Labute approximate surface area is 86.0 Å². The summed E-state index contributed by atoms with van der Waals surface area (Å²) >= 11 is 0. The molecule has 1 saturated carbocycles. The molecular formula is C12H20O2. The van der Waals surface area contributed by atoms with E-state index in [0.717, 1.165) is 25.7 Å². The number of aliphatic hydroxyl groups is 2. The van der Waals surface area contributed by atoms with E-state index >= 15 is 0 Å². The van der Waals surface area contributed by atoms with E-state index in [2.05, 4.69) is 13.2 Å². The predicted octanol–water partition coefficient (Wildman–Crippen LogP) is 2.17. The van der Waals surface area contributed by atoms with E-state index in [-0.39, 0.29) is 0 Å². The lowest BCUT2D eigenvalue weighted by molar-refractivity contribution is -0.105. The summed E-state index contributed by atoms with van der Waals surface area (Å²) in [6.45, 7) is 7.23. The van der Waals surface area contributed by atoms with Crippen LogP contribution in [0.15, 0.2) is 25.3 Å². The van der Waals surface area contributed by atoms with Crippen LogP contribution in [-0.2, 0) is 0 Å². The molecule has 2 nitrogen and oxygen atoms in total. The Kier molecular flexibility index (Phi) is 3.51. The smallest absolute Gasteiger partial charge is 0.115 e. The second-order valence-electron chi connectivity index (χ2n) is 4.17. The Bertz CT molecular complexity index is 200. The fourth-order valence-electron chi connectivity index (χ4n) is 2.13. The van der Waals surface area contributed by atoms with E-state index in [9.17, 15) is 10.2 Å². The fourth-order valence-corrected chi connectivity index (χ4v) is 2.13. The molecule has 2 heteroatoms. The lowest BCUT2D eigenvalue weighted by Gasteiger charge is -2.41. The minimum Gasteiger partial charge on any atom is -0.382 e. The third-order valence-corrected chi connectivity index (χ3v) is 3.29. The summed E-state index contributed by atoms with van der Waals surface area (Å²) in [4.78, 5) is 0. The van der Waals surface area contributed by atoms with E-state index in [1.165, 1.54) is 12.2 Å². The zero-order chi connectivity index (χ0) is 10.7. The van der Waals surface area contributed by atoms with Crippen LogP contribution in [0.2, 0.25) is 0 Å². The van der Waals surface area contributed by atoms with Crippen molar-refractivity contribution >= 4 is 0 Å². The highest BCUT2D eigenvalue weighted by Gasteiger charge is 2.44. The predicted molar refractivity (Wildman–Crippen MR) is 58.0 cm³/mol.